The summed E-state index contributed by atoms with van der Waals surface area (Å²) in [5.74, 6) is 2.58. The zero-order chi connectivity index (χ0) is 21.6. The summed E-state index contributed by atoms with van der Waals surface area (Å²) in [7, 11) is 3.55. The van der Waals surface area contributed by atoms with Crippen molar-refractivity contribution in [1.82, 2.24) is 4.90 Å². The number of hydrogen-bond acceptors (Lipinski definition) is 4. The van der Waals surface area contributed by atoms with Crippen LogP contribution in [-0.4, -0.2) is 76.9 Å². The Morgan fingerprint density at radius 3 is 2.42 bits per heavy atom. The minimum atomic E-state index is -0.135. The van der Waals surface area contributed by atoms with Crippen molar-refractivity contribution in [2.24, 2.45) is 0 Å². The summed E-state index contributed by atoms with van der Waals surface area (Å²) in [6.07, 6.45) is -0.135. The topological polar surface area (TPSA) is 56.9 Å². The van der Waals surface area contributed by atoms with E-state index >= 15 is 0 Å². The van der Waals surface area contributed by atoms with Crippen molar-refractivity contribution in [1.29, 1.82) is 0 Å². The summed E-state index contributed by atoms with van der Waals surface area (Å²) in [6.45, 7) is 6.75. The first-order valence-corrected chi connectivity index (χ1v) is 11.0. The lowest BCUT2D eigenvalue weighted by Crippen LogP contribution is -3.28. The number of piperazine rings is 1. The quantitative estimate of drug-likeness (QED) is 0.612. The number of nitrogens with zero attached hydrogens (tertiary/aromatic N) is 1. The van der Waals surface area contributed by atoms with Gasteiger partial charge in [-0.15, -0.1) is 0 Å². The van der Waals surface area contributed by atoms with Crippen LogP contribution in [0.5, 0.6) is 17.2 Å². The summed E-state index contributed by atoms with van der Waals surface area (Å²) in [5, 5.41) is 0. The van der Waals surface area contributed by atoms with E-state index < -0.39 is 0 Å². The Hall–Kier alpha value is -2.77. The van der Waals surface area contributed by atoms with E-state index in [2.05, 4.69) is 12.1 Å². The fraction of sp³-hybridized carbons (Fsp3) is 0.458. The maximum Gasteiger partial charge on any atom is 0.277 e. The highest BCUT2D eigenvalue weighted by Gasteiger charge is 2.28. The molecule has 0 spiro atoms. The molecular weight excluding hydrogens is 394 g/mol. The fourth-order valence-corrected chi connectivity index (χ4v) is 4.25. The number of benzene rings is 2. The van der Waals surface area contributed by atoms with Gasteiger partial charge in [-0.05, 0) is 36.4 Å². The average molecular weight is 428 g/mol. The van der Waals surface area contributed by atoms with Crippen molar-refractivity contribution in [3.63, 3.8) is 0 Å². The molecule has 166 valence electrons. The van der Waals surface area contributed by atoms with Crippen LogP contribution in [0, 0.1) is 0 Å². The standard InChI is InChI=1S/C24H31N3O4/c1-25(16-21-18-30-22-5-3-4-6-23(22)31-21)24(28)17-27-13-11-26(12-14-27)15-19-7-9-20(29-2)10-8-19/h3-10,21H,11-18H2,1-2H3/p+2/t21-/m1/s1. The van der Waals surface area contributed by atoms with Crippen LogP contribution < -0.4 is 24.0 Å². The Morgan fingerprint density at radius 1 is 1.03 bits per heavy atom. The lowest BCUT2D eigenvalue weighted by molar-refractivity contribution is -1.02. The number of carbonyl (C=O) groups is 1. The third-order valence-corrected chi connectivity index (χ3v) is 6.15. The number of quaternary nitrogens is 2. The molecule has 1 amide bonds. The van der Waals surface area contributed by atoms with Gasteiger partial charge in [0.15, 0.2) is 24.1 Å². The molecule has 1 saturated heterocycles. The zero-order valence-electron chi connectivity index (χ0n) is 18.4. The number of ether oxygens (including phenoxy) is 3. The van der Waals surface area contributed by atoms with Gasteiger partial charge in [-0.2, -0.15) is 0 Å². The molecular formula is C24H33N3O4+2. The van der Waals surface area contributed by atoms with Gasteiger partial charge in [-0.25, -0.2) is 0 Å². The highest BCUT2D eigenvalue weighted by atomic mass is 16.6. The van der Waals surface area contributed by atoms with E-state index in [0.717, 1.165) is 50.0 Å². The van der Waals surface area contributed by atoms with Gasteiger partial charge in [-0.1, -0.05) is 12.1 Å². The molecule has 0 aromatic heterocycles. The first-order chi connectivity index (χ1) is 15.1. The largest absolute Gasteiger partial charge is 0.497 e. The molecule has 2 aliphatic rings. The van der Waals surface area contributed by atoms with Crippen LogP contribution in [-0.2, 0) is 11.3 Å². The van der Waals surface area contributed by atoms with Gasteiger partial charge in [0.1, 0.15) is 45.1 Å². The van der Waals surface area contributed by atoms with Gasteiger partial charge >= 0.3 is 0 Å². The number of fused-ring (bicyclic) bond motifs is 1. The Balaban J connectivity index is 1.19. The number of hydrogen-bond donors (Lipinski definition) is 2. The van der Waals surface area contributed by atoms with Crippen LogP contribution in [0.1, 0.15) is 5.56 Å². The number of rotatable bonds is 7. The molecule has 31 heavy (non-hydrogen) atoms. The highest BCUT2D eigenvalue weighted by molar-refractivity contribution is 5.76. The van der Waals surface area contributed by atoms with Gasteiger partial charge < -0.3 is 28.9 Å². The van der Waals surface area contributed by atoms with Crippen molar-refractivity contribution >= 4 is 5.91 Å². The molecule has 1 fully saturated rings. The molecule has 4 rings (SSSR count). The molecule has 0 bridgehead atoms. The van der Waals surface area contributed by atoms with Crippen molar-refractivity contribution in [3.8, 4) is 17.2 Å². The summed E-state index contributed by atoms with van der Waals surface area (Å²) >= 11 is 0. The molecule has 0 aliphatic carbocycles. The van der Waals surface area contributed by atoms with Crippen molar-refractivity contribution in [2.75, 3.05) is 60.0 Å². The van der Waals surface area contributed by atoms with E-state index in [1.165, 1.54) is 10.5 Å². The predicted octanol–water partition coefficient (Wildman–Crippen LogP) is -0.723. The van der Waals surface area contributed by atoms with Gasteiger partial charge in [0.2, 0.25) is 0 Å². The lowest BCUT2D eigenvalue weighted by Gasteiger charge is -2.32. The lowest BCUT2D eigenvalue weighted by atomic mass is 10.2. The van der Waals surface area contributed by atoms with E-state index in [1.807, 2.05) is 43.4 Å². The van der Waals surface area contributed by atoms with Gasteiger partial charge in [0.05, 0.1) is 13.7 Å². The highest BCUT2D eigenvalue weighted by Crippen LogP contribution is 2.30. The summed E-state index contributed by atoms with van der Waals surface area (Å²) < 4.78 is 17.0. The fourth-order valence-electron chi connectivity index (χ4n) is 4.25. The van der Waals surface area contributed by atoms with E-state index in [-0.39, 0.29) is 12.0 Å². The molecule has 2 N–H and O–H groups in total. The number of carbonyl (C=O) groups excluding carboxylic acids is 1. The van der Waals surface area contributed by atoms with Crippen molar-refractivity contribution in [2.45, 2.75) is 12.6 Å². The van der Waals surface area contributed by atoms with Gasteiger partial charge in [0, 0.05) is 12.6 Å². The van der Waals surface area contributed by atoms with Gasteiger partial charge in [0.25, 0.3) is 5.91 Å². The molecule has 2 heterocycles. The van der Waals surface area contributed by atoms with Gasteiger partial charge in [-0.3, -0.25) is 4.79 Å². The number of amides is 1. The average Bonchev–Trinajstić information content (AvgIpc) is 2.80. The molecule has 0 saturated carbocycles. The molecule has 2 aliphatic heterocycles. The Morgan fingerprint density at radius 2 is 1.71 bits per heavy atom. The van der Waals surface area contributed by atoms with Crippen LogP contribution in [0.25, 0.3) is 0 Å². The third kappa shape index (κ3) is 5.68. The second-order valence-corrected chi connectivity index (χ2v) is 8.47. The monoisotopic (exact) mass is 427 g/mol. The minimum Gasteiger partial charge on any atom is -0.497 e. The maximum atomic E-state index is 12.8. The second kappa shape index (κ2) is 10.0. The molecule has 1 atom stereocenters. The third-order valence-electron chi connectivity index (χ3n) is 6.15. The van der Waals surface area contributed by atoms with E-state index in [9.17, 15) is 4.79 Å². The van der Waals surface area contributed by atoms with Crippen LogP contribution >= 0.6 is 0 Å². The number of nitrogens with one attached hydrogen (secondary N) is 2. The molecule has 7 nitrogen and oxygen atoms in total. The second-order valence-electron chi connectivity index (χ2n) is 8.47. The number of para-hydroxylation sites is 2. The molecule has 2 aromatic rings. The van der Waals surface area contributed by atoms with E-state index in [4.69, 9.17) is 14.2 Å². The smallest absolute Gasteiger partial charge is 0.277 e. The van der Waals surface area contributed by atoms with Crippen molar-refractivity contribution < 1.29 is 28.8 Å². The maximum absolute atomic E-state index is 12.8. The Kier molecular flexibility index (Phi) is 6.94. The van der Waals surface area contributed by atoms with Crippen LogP contribution in [0.15, 0.2) is 48.5 Å². The Labute approximate surface area is 184 Å². The SMILES string of the molecule is COc1ccc(C[NH+]2CC[NH+](CC(=O)N(C)C[C@@H]3COc4ccccc4O3)CC2)cc1. The first-order valence-electron chi connectivity index (χ1n) is 11.0. The Bertz CT molecular complexity index is 865. The molecule has 2 aromatic carbocycles. The molecule has 7 heteroatoms. The number of methoxy groups -OCH3 is 1. The zero-order valence-corrected chi connectivity index (χ0v) is 18.4. The van der Waals surface area contributed by atoms with Crippen LogP contribution in [0.2, 0.25) is 0 Å². The number of likely N-dealkylation sites (N-methyl/N-ethyl adjacent to an activating group) is 1. The molecule has 0 radical (unpaired) electrons. The van der Waals surface area contributed by atoms with Crippen molar-refractivity contribution in [3.05, 3.63) is 54.1 Å². The first kappa shape index (κ1) is 21.5. The van der Waals surface area contributed by atoms with Crippen LogP contribution in [0.3, 0.4) is 0 Å². The van der Waals surface area contributed by atoms with Crippen LogP contribution in [0.4, 0.5) is 0 Å². The summed E-state index contributed by atoms with van der Waals surface area (Å²) in [4.78, 5) is 17.5. The summed E-state index contributed by atoms with van der Waals surface area (Å²) in [5.41, 5.74) is 1.33. The predicted molar refractivity (Wildman–Crippen MR) is 117 cm³/mol. The van der Waals surface area contributed by atoms with E-state index in [1.54, 1.807) is 16.9 Å². The molecule has 0 unspecified atom stereocenters. The van der Waals surface area contributed by atoms with E-state index in [0.29, 0.717) is 19.7 Å². The normalized spacial score (nSPS) is 22.6. The minimum absolute atomic E-state index is 0.135. The summed E-state index contributed by atoms with van der Waals surface area (Å²) in [6, 6.07) is 16.0.